The average molecular weight is 335 g/mol. The van der Waals surface area contributed by atoms with Gasteiger partial charge in [-0.15, -0.1) is 0 Å². The molecule has 2 heterocycles. The zero-order valence-corrected chi connectivity index (χ0v) is 12.9. The summed E-state index contributed by atoms with van der Waals surface area (Å²) in [5.74, 6) is -1.34. The lowest BCUT2D eigenvalue weighted by Crippen LogP contribution is -2.50. The van der Waals surface area contributed by atoms with Crippen molar-refractivity contribution in [3.05, 3.63) is 16.9 Å². The van der Waals surface area contributed by atoms with Gasteiger partial charge in [0.1, 0.15) is 11.2 Å². The van der Waals surface area contributed by atoms with E-state index in [1.807, 2.05) is 0 Å². The highest BCUT2D eigenvalue weighted by Crippen LogP contribution is 2.22. The second-order valence-electron chi connectivity index (χ2n) is 4.72. The number of nitrogens with one attached hydrogen (secondary N) is 1. The Morgan fingerprint density at radius 3 is 2.81 bits per heavy atom. The number of carboxylic acid groups (broad SMARTS) is 1. The number of hydrogen-bond acceptors (Lipinski definition) is 5. The van der Waals surface area contributed by atoms with Crippen molar-refractivity contribution >= 4 is 33.7 Å². The number of aliphatic carboxylic acids is 1. The molecule has 1 aromatic rings. The Kier molecular flexibility index (Phi) is 4.64. The highest BCUT2D eigenvalue weighted by molar-refractivity contribution is 7.90. The largest absolute Gasteiger partial charge is 0.480 e. The molecule has 0 aromatic carbocycles. The number of carboxylic acids is 1. The van der Waals surface area contributed by atoms with Gasteiger partial charge in [-0.3, -0.25) is 4.79 Å². The molecule has 10 heteroatoms. The van der Waals surface area contributed by atoms with Crippen LogP contribution in [0.4, 0.5) is 5.95 Å². The molecule has 21 heavy (non-hydrogen) atoms. The SMILES string of the molecule is Cc1cc(Cl)nc(NS(=O)(=O)N2CCCCC2C(=O)O)n1. The van der Waals surface area contributed by atoms with Gasteiger partial charge in [-0.2, -0.15) is 12.7 Å². The Bertz CT molecular complexity index is 631. The van der Waals surface area contributed by atoms with Gasteiger partial charge < -0.3 is 5.11 Å². The van der Waals surface area contributed by atoms with Gasteiger partial charge in [0.15, 0.2) is 0 Å². The highest BCUT2D eigenvalue weighted by Gasteiger charge is 2.37. The van der Waals surface area contributed by atoms with Crippen LogP contribution in [-0.2, 0) is 15.0 Å². The third-order valence-corrected chi connectivity index (χ3v) is 4.78. The Balaban J connectivity index is 2.26. The Morgan fingerprint density at radius 1 is 1.48 bits per heavy atom. The topological polar surface area (TPSA) is 112 Å². The molecule has 1 atom stereocenters. The molecule has 1 unspecified atom stereocenters. The Hall–Kier alpha value is -1.45. The zero-order valence-electron chi connectivity index (χ0n) is 11.3. The monoisotopic (exact) mass is 334 g/mol. The second-order valence-corrected chi connectivity index (χ2v) is 6.73. The molecule has 1 fully saturated rings. The van der Waals surface area contributed by atoms with Crippen LogP contribution in [0.15, 0.2) is 6.07 Å². The van der Waals surface area contributed by atoms with E-state index in [2.05, 4.69) is 14.7 Å². The number of aromatic nitrogens is 2. The predicted octanol–water partition coefficient (Wildman–Crippen LogP) is 1.03. The smallest absolute Gasteiger partial charge is 0.322 e. The molecule has 116 valence electrons. The minimum atomic E-state index is -4.05. The molecule has 8 nitrogen and oxygen atoms in total. The van der Waals surface area contributed by atoms with Crippen molar-refractivity contribution in [2.45, 2.75) is 32.2 Å². The van der Waals surface area contributed by atoms with Gasteiger partial charge in [0.05, 0.1) is 0 Å². The van der Waals surface area contributed by atoms with Crippen molar-refractivity contribution in [3.63, 3.8) is 0 Å². The zero-order chi connectivity index (χ0) is 15.6. The highest BCUT2D eigenvalue weighted by atomic mass is 35.5. The number of aryl methyl sites for hydroxylation is 1. The van der Waals surface area contributed by atoms with E-state index in [9.17, 15) is 13.2 Å². The first kappa shape index (κ1) is 15.9. The first-order valence-corrected chi connectivity index (χ1v) is 8.15. The van der Waals surface area contributed by atoms with Gasteiger partial charge in [0, 0.05) is 12.2 Å². The van der Waals surface area contributed by atoms with E-state index in [0.717, 1.165) is 4.31 Å². The van der Waals surface area contributed by atoms with Crippen LogP contribution in [0, 0.1) is 6.92 Å². The first-order chi connectivity index (χ1) is 9.79. The number of anilines is 1. The van der Waals surface area contributed by atoms with Crippen LogP contribution in [-0.4, -0.2) is 46.4 Å². The fourth-order valence-corrected chi connectivity index (χ4v) is 3.77. The number of carbonyl (C=O) groups is 1. The third kappa shape index (κ3) is 3.80. The lowest BCUT2D eigenvalue weighted by molar-refractivity contribution is -0.142. The summed E-state index contributed by atoms with van der Waals surface area (Å²) >= 11 is 5.75. The average Bonchev–Trinajstić information content (AvgIpc) is 2.36. The normalized spacial score (nSPS) is 20.2. The maximum absolute atomic E-state index is 12.3. The van der Waals surface area contributed by atoms with Crippen molar-refractivity contribution in [1.29, 1.82) is 0 Å². The van der Waals surface area contributed by atoms with E-state index >= 15 is 0 Å². The van der Waals surface area contributed by atoms with Crippen LogP contribution >= 0.6 is 11.6 Å². The van der Waals surface area contributed by atoms with Gasteiger partial charge in [0.2, 0.25) is 5.95 Å². The van der Waals surface area contributed by atoms with Crippen molar-refractivity contribution in [1.82, 2.24) is 14.3 Å². The molecule has 1 aliphatic rings. The molecule has 0 radical (unpaired) electrons. The fraction of sp³-hybridized carbons (Fsp3) is 0.545. The first-order valence-electron chi connectivity index (χ1n) is 6.33. The summed E-state index contributed by atoms with van der Waals surface area (Å²) in [6.45, 7) is 1.79. The molecule has 0 spiro atoms. The van der Waals surface area contributed by atoms with Gasteiger partial charge >= 0.3 is 16.2 Å². The van der Waals surface area contributed by atoms with Crippen LogP contribution in [0.2, 0.25) is 5.15 Å². The van der Waals surface area contributed by atoms with Gasteiger partial charge in [-0.05, 0) is 32.3 Å². The summed E-state index contributed by atoms with van der Waals surface area (Å²) in [4.78, 5) is 18.9. The molecule has 1 aromatic heterocycles. The van der Waals surface area contributed by atoms with Crippen LogP contribution in [0.25, 0.3) is 0 Å². The van der Waals surface area contributed by atoms with E-state index in [0.29, 0.717) is 18.5 Å². The molecule has 0 bridgehead atoms. The minimum absolute atomic E-state index is 0.105. The number of hydrogen-bond donors (Lipinski definition) is 2. The van der Waals surface area contributed by atoms with E-state index < -0.39 is 22.2 Å². The van der Waals surface area contributed by atoms with Crippen LogP contribution in [0.1, 0.15) is 25.0 Å². The molecule has 2 N–H and O–H groups in total. The summed E-state index contributed by atoms with van der Waals surface area (Å²) in [6, 6.07) is 0.414. The molecule has 1 aliphatic heterocycles. The summed E-state index contributed by atoms with van der Waals surface area (Å²) in [5.41, 5.74) is 0.501. The van der Waals surface area contributed by atoms with E-state index in [1.165, 1.54) is 6.07 Å². The molecule has 2 rings (SSSR count). The van der Waals surface area contributed by atoms with Crippen LogP contribution in [0.5, 0.6) is 0 Å². The fourth-order valence-electron chi connectivity index (χ4n) is 2.19. The second kappa shape index (κ2) is 6.12. The van der Waals surface area contributed by atoms with Crippen molar-refractivity contribution in [2.75, 3.05) is 11.3 Å². The summed E-state index contributed by atoms with van der Waals surface area (Å²) in [6.07, 6.45) is 1.57. The number of rotatable bonds is 4. The summed E-state index contributed by atoms with van der Waals surface area (Å²) < 4.78 is 27.8. The molecular formula is C11H15ClN4O4S. The third-order valence-electron chi connectivity index (χ3n) is 3.09. The molecule has 0 amide bonds. The number of piperidine rings is 1. The van der Waals surface area contributed by atoms with Gasteiger partial charge in [0.25, 0.3) is 0 Å². The Labute approximate surface area is 127 Å². The van der Waals surface area contributed by atoms with Crippen molar-refractivity contribution < 1.29 is 18.3 Å². The standard InChI is InChI=1S/C11H15ClN4O4S/c1-7-6-9(12)14-11(13-7)15-21(19,20)16-5-3-2-4-8(16)10(17)18/h6,8H,2-5H2,1H3,(H,17,18)(H,13,14,15). The molecule has 0 saturated carbocycles. The van der Waals surface area contributed by atoms with Gasteiger partial charge in [-0.1, -0.05) is 11.6 Å². The lowest BCUT2D eigenvalue weighted by Gasteiger charge is -2.31. The van der Waals surface area contributed by atoms with Crippen molar-refractivity contribution in [2.24, 2.45) is 0 Å². The molecule has 1 saturated heterocycles. The lowest BCUT2D eigenvalue weighted by atomic mass is 10.1. The molecule has 0 aliphatic carbocycles. The minimum Gasteiger partial charge on any atom is -0.480 e. The molecular weight excluding hydrogens is 320 g/mol. The van der Waals surface area contributed by atoms with Crippen molar-refractivity contribution in [3.8, 4) is 0 Å². The predicted molar refractivity (Wildman–Crippen MR) is 76.3 cm³/mol. The van der Waals surface area contributed by atoms with Crippen LogP contribution < -0.4 is 4.72 Å². The van der Waals surface area contributed by atoms with Gasteiger partial charge in [-0.25, -0.2) is 14.7 Å². The maximum Gasteiger partial charge on any atom is 0.322 e. The summed E-state index contributed by atoms with van der Waals surface area (Å²) in [7, 11) is -4.05. The Morgan fingerprint density at radius 2 is 2.19 bits per heavy atom. The maximum atomic E-state index is 12.3. The van der Waals surface area contributed by atoms with E-state index in [4.69, 9.17) is 16.7 Å². The summed E-state index contributed by atoms with van der Waals surface area (Å²) in [5, 5.41) is 9.25. The van der Waals surface area contributed by atoms with Crippen LogP contribution in [0.3, 0.4) is 0 Å². The number of halogens is 1. The van der Waals surface area contributed by atoms with E-state index in [-0.39, 0.29) is 24.1 Å². The van der Waals surface area contributed by atoms with E-state index in [1.54, 1.807) is 6.92 Å². The quantitative estimate of drug-likeness (QED) is 0.795. The number of nitrogens with zero attached hydrogens (tertiary/aromatic N) is 3.